The predicted octanol–water partition coefficient (Wildman–Crippen LogP) is 0.896. The van der Waals surface area contributed by atoms with E-state index in [2.05, 4.69) is 59.9 Å². The van der Waals surface area contributed by atoms with Crippen LogP contribution in [0.5, 0.6) is 0 Å². The van der Waals surface area contributed by atoms with Crippen LogP contribution in [-0.4, -0.2) is 67.7 Å². The van der Waals surface area contributed by atoms with Crippen molar-refractivity contribution in [3.05, 3.63) is 24.7 Å². The predicted molar refractivity (Wildman–Crippen MR) is 113 cm³/mol. The molecule has 0 spiro atoms. The van der Waals surface area contributed by atoms with E-state index < -0.39 is 5.41 Å². The Morgan fingerprint density at radius 2 is 1.53 bits per heavy atom. The van der Waals surface area contributed by atoms with Crippen molar-refractivity contribution in [2.75, 3.05) is 40.1 Å². The molecule has 1 aliphatic heterocycles. The molecule has 1 aliphatic rings. The second-order valence-corrected chi connectivity index (χ2v) is 7.76. The van der Waals surface area contributed by atoms with E-state index >= 15 is 0 Å². The van der Waals surface area contributed by atoms with Gasteiger partial charge in [0.15, 0.2) is 6.26 Å². The van der Waals surface area contributed by atoms with Gasteiger partial charge in [-0.15, -0.1) is 0 Å². The zero-order valence-electron chi connectivity index (χ0n) is 20.8. The number of carbonyl (C=O) groups excluding carboxylic acids is 3. The molecule has 1 unspecified atom stereocenters. The number of aliphatic hydroxyl groups is 1. The molecule has 0 aromatic heterocycles. The van der Waals surface area contributed by atoms with E-state index in [1.54, 1.807) is 6.92 Å². The average Bonchev–Trinajstić information content (AvgIpc) is 3.22. The molecule has 1 rings (SSSR count). The van der Waals surface area contributed by atoms with Crippen LogP contribution in [0, 0.1) is 5.41 Å². The number of rotatable bonds is 26. The molecular weight excluding hydrogens is 526 g/mol. The van der Waals surface area contributed by atoms with Crippen molar-refractivity contribution in [2.24, 2.45) is 5.41 Å². The third-order valence-electron chi connectivity index (χ3n) is 4.56. The lowest BCUT2D eigenvalue weighted by molar-refractivity contribution is -0.853. The Morgan fingerprint density at radius 3 is 2.16 bits per heavy atom. The molecule has 218 valence electrons. The van der Waals surface area contributed by atoms with Crippen LogP contribution < -0.4 is 0 Å². The van der Waals surface area contributed by atoms with Crippen LogP contribution in [0.1, 0.15) is 39.0 Å². The topological polar surface area (TPSA) is 195 Å². The van der Waals surface area contributed by atoms with Crippen LogP contribution in [0.25, 0.3) is 0 Å². The number of Topliss-reactive ketones (excluding diaryl/α,β-unsaturated/α-hetero) is 1. The number of hydrogen-bond acceptors (Lipinski definition) is 17. The largest absolute Gasteiger partial charge is 0.497 e. The van der Waals surface area contributed by atoms with Crippen molar-refractivity contribution in [2.45, 2.75) is 39.0 Å². The minimum Gasteiger partial charge on any atom is -0.497 e. The molecule has 0 saturated carbocycles. The second-order valence-electron chi connectivity index (χ2n) is 7.76. The fourth-order valence-electron chi connectivity index (χ4n) is 2.74. The van der Waals surface area contributed by atoms with Gasteiger partial charge in [-0.25, -0.2) is 4.89 Å². The number of hydrogen-bond donors (Lipinski definition) is 1. The Bertz CT molecular complexity index is 714. The van der Waals surface area contributed by atoms with Gasteiger partial charge in [0.05, 0.1) is 19.8 Å². The van der Waals surface area contributed by atoms with Crippen LogP contribution in [0.4, 0.5) is 0 Å². The summed E-state index contributed by atoms with van der Waals surface area (Å²) in [6.07, 6.45) is 6.70. The number of ether oxygens (including phenoxy) is 2. The summed E-state index contributed by atoms with van der Waals surface area (Å²) in [5.41, 5.74) is -0.833. The molecular formula is C20H31NO17. The summed E-state index contributed by atoms with van der Waals surface area (Å²) in [6.45, 7) is 2.00. The van der Waals surface area contributed by atoms with Gasteiger partial charge in [0, 0.05) is 69.3 Å². The molecule has 1 N–H and O–H groups in total. The first-order valence-corrected chi connectivity index (χ1v) is 11.1. The van der Waals surface area contributed by atoms with Crippen molar-refractivity contribution >= 4 is 17.6 Å². The molecule has 0 aromatic rings. The first-order chi connectivity index (χ1) is 18.4. The number of unbranched alkanes of at least 4 members (excludes halogenated alkanes) is 2. The van der Waals surface area contributed by atoms with Crippen LogP contribution in [0.3, 0.4) is 0 Å². The minimum atomic E-state index is -0.833. The van der Waals surface area contributed by atoms with Crippen molar-refractivity contribution in [3.63, 3.8) is 0 Å². The molecule has 18 heteroatoms. The third-order valence-corrected chi connectivity index (χ3v) is 4.56. The Kier molecular flexibility index (Phi) is 18.8. The van der Waals surface area contributed by atoms with Crippen molar-refractivity contribution < 1.29 is 84.1 Å². The Morgan fingerprint density at radius 1 is 0.895 bits per heavy atom. The molecule has 0 aromatic carbocycles. The van der Waals surface area contributed by atoms with Crippen LogP contribution >= 0.6 is 0 Å². The smallest absolute Gasteiger partial charge is 0.253 e. The van der Waals surface area contributed by atoms with E-state index in [1.807, 2.05) is 0 Å². The van der Waals surface area contributed by atoms with Gasteiger partial charge in [-0.2, -0.15) is 0 Å². The SMILES string of the molecule is COCCOOOOOOOOOOO/C=C\OCC(C)(CO)CC(=O)CCCCCN1C(=O)C=CC1=O. The van der Waals surface area contributed by atoms with Gasteiger partial charge in [-0.1, -0.05) is 13.3 Å². The molecule has 18 nitrogen and oxygen atoms in total. The van der Waals surface area contributed by atoms with E-state index in [0.29, 0.717) is 32.2 Å². The first kappa shape index (κ1) is 33.4. The molecule has 1 heterocycles. The lowest BCUT2D eigenvalue weighted by atomic mass is 9.85. The van der Waals surface area contributed by atoms with Gasteiger partial charge in [0.1, 0.15) is 18.7 Å². The molecule has 0 aliphatic carbocycles. The monoisotopic (exact) mass is 557 g/mol. The fraction of sp³-hybridized carbons (Fsp3) is 0.650. The molecule has 1 atom stereocenters. The van der Waals surface area contributed by atoms with E-state index in [1.165, 1.54) is 19.3 Å². The van der Waals surface area contributed by atoms with Gasteiger partial charge >= 0.3 is 0 Å². The Hall–Kier alpha value is -2.59. The maximum atomic E-state index is 12.3. The molecule has 0 bridgehead atoms. The van der Waals surface area contributed by atoms with Crippen LogP contribution in [0.15, 0.2) is 24.7 Å². The summed E-state index contributed by atoms with van der Waals surface area (Å²) in [4.78, 5) is 45.1. The van der Waals surface area contributed by atoms with Crippen molar-refractivity contribution in [1.82, 2.24) is 4.90 Å². The molecule has 0 radical (unpaired) electrons. The third kappa shape index (κ3) is 16.3. The molecule has 38 heavy (non-hydrogen) atoms. The first-order valence-electron chi connectivity index (χ1n) is 11.1. The quantitative estimate of drug-likeness (QED) is 0.0517. The van der Waals surface area contributed by atoms with Gasteiger partial charge < -0.3 is 19.5 Å². The molecule has 0 saturated heterocycles. The summed E-state index contributed by atoms with van der Waals surface area (Å²) in [6, 6.07) is 0. The highest BCUT2D eigenvalue weighted by Crippen LogP contribution is 2.23. The van der Waals surface area contributed by atoms with Crippen LogP contribution in [-0.2, 0) is 79.0 Å². The highest BCUT2D eigenvalue weighted by atomic mass is 17.9. The van der Waals surface area contributed by atoms with E-state index in [0.717, 1.165) is 17.4 Å². The summed E-state index contributed by atoms with van der Waals surface area (Å²) in [5, 5.41) is 44.2. The lowest BCUT2D eigenvalue weighted by Crippen LogP contribution is -2.31. The summed E-state index contributed by atoms with van der Waals surface area (Å²) in [7, 11) is 1.45. The van der Waals surface area contributed by atoms with Crippen LogP contribution in [0.2, 0.25) is 0 Å². The maximum absolute atomic E-state index is 12.3. The van der Waals surface area contributed by atoms with Gasteiger partial charge in [-0.05, 0) is 33.0 Å². The zero-order valence-corrected chi connectivity index (χ0v) is 20.8. The maximum Gasteiger partial charge on any atom is 0.253 e. The normalized spacial score (nSPS) is 15.0. The standard InChI is InChI=1S/C20H31NO17/c1-20(15-22,14-17(23)6-4-3-5-9-21-18(24)7-8-19(21)25)16-27-11-13-29-31-33-35-37-38-36-34-32-30-28-12-10-26-2/h7-8,11,13,22H,3-6,9-10,12,14-16H2,1-2H3/b13-11-. The lowest BCUT2D eigenvalue weighted by Gasteiger charge is -2.25. The zero-order chi connectivity index (χ0) is 27.9. The van der Waals surface area contributed by atoms with Gasteiger partial charge in [0.25, 0.3) is 11.8 Å². The van der Waals surface area contributed by atoms with Crippen molar-refractivity contribution in [3.8, 4) is 0 Å². The highest BCUT2D eigenvalue weighted by molar-refractivity contribution is 6.12. The van der Waals surface area contributed by atoms with Gasteiger partial charge in [-0.3, -0.25) is 19.3 Å². The summed E-state index contributed by atoms with van der Waals surface area (Å²) < 4.78 is 9.87. The van der Waals surface area contributed by atoms with Gasteiger partial charge in [0.2, 0.25) is 0 Å². The van der Waals surface area contributed by atoms with E-state index in [9.17, 15) is 19.5 Å². The van der Waals surface area contributed by atoms with Crippen molar-refractivity contribution in [1.29, 1.82) is 0 Å². The molecule has 2 amide bonds. The number of methoxy groups -OCH3 is 1. The number of imide groups is 1. The molecule has 0 fully saturated rings. The average molecular weight is 557 g/mol. The number of amides is 2. The Labute approximate surface area is 216 Å². The summed E-state index contributed by atoms with van der Waals surface area (Å²) in [5.74, 6) is -0.701. The fourth-order valence-corrected chi connectivity index (χ4v) is 2.74. The highest BCUT2D eigenvalue weighted by Gasteiger charge is 2.27. The number of aliphatic hydroxyl groups excluding tert-OH is 1. The Balaban J connectivity index is 1.99. The number of nitrogens with zero attached hydrogens (tertiary/aromatic N) is 1. The minimum absolute atomic E-state index is 0.00383. The second kappa shape index (κ2) is 21.4. The number of ketones is 1. The number of carbonyl (C=O) groups is 3. The van der Waals surface area contributed by atoms with E-state index in [4.69, 9.17) is 4.74 Å². The van der Waals surface area contributed by atoms with E-state index in [-0.39, 0.29) is 50.4 Å². The summed E-state index contributed by atoms with van der Waals surface area (Å²) >= 11 is 0.